The highest BCUT2D eigenvalue weighted by molar-refractivity contribution is 5.83. The molecule has 1 aliphatic heterocycles. The van der Waals surface area contributed by atoms with Crippen LogP contribution in [0.3, 0.4) is 0 Å². The molecule has 3 nitrogen and oxygen atoms in total. The average molecular weight is 274 g/mol. The van der Waals surface area contributed by atoms with Crippen LogP contribution in [0.4, 0.5) is 0 Å². The Morgan fingerprint density at radius 2 is 2.15 bits per heavy atom. The molecule has 0 aromatic heterocycles. The minimum absolute atomic E-state index is 0.00725. The van der Waals surface area contributed by atoms with E-state index in [2.05, 4.69) is 24.0 Å². The summed E-state index contributed by atoms with van der Waals surface area (Å²) in [7, 11) is 0. The molecule has 1 aliphatic rings. The van der Waals surface area contributed by atoms with E-state index in [-0.39, 0.29) is 5.92 Å². The molecule has 20 heavy (non-hydrogen) atoms. The lowest BCUT2D eigenvalue weighted by Gasteiger charge is -2.35. The van der Waals surface area contributed by atoms with Crippen LogP contribution in [0.5, 0.6) is 0 Å². The van der Waals surface area contributed by atoms with Crippen molar-refractivity contribution >= 4 is 5.91 Å². The Labute approximate surface area is 122 Å². The average Bonchev–Trinajstić information content (AvgIpc) is 2.50. The zero-order valence-corrected chi connectivity index (χ0v) is 12.4. The number of piperidine rings is 1. The quantitative estimate of drug-likeness (QED) is 0.897. The molecule has 3 heteroatoms. The van der Waals surface area contributed by atoms with E-state index < -0.39 is 0 Å². The van der Waals surface area contributed by atoms with E-state index in [1.165, 1.54) is 6.42 Å². The number of nitrogens with zero attached hydrogens (tertiary/aromatic N) is 1. The number of carbonyl (C=O) groups excluding carboxylic acids is 1. The van der Waals surface area contributed by atoms with E-state index >= 15 is 0 Å². The summed E-state index contributed by atoms with van der Waals surface area (Å²) in [5.41, 5.74) is 6.79. The topological polar surface area (TPSA) is 46.3 Å². The molecule has 1 amide bonds. The Morgan fingerprint density at radius 3 is 2.80 bits per heavy atom. The van der Waals surface area contributed by atoms with Crippen LogP contribution in [0.25, 0.3) is 0 Å². The highest BCUT2D eigenvalue weighted by Gasteiger charge is 2.28. The van der Waals surface area contributed by atoms with Gasteiger partial charge in [-0.3, -0.25) is 4.79 Å². The van der Waals surface area contributed by atoms with Crippen molar-refractivity contribution in [3.8, 4) is 0 Å². The third-order valence-corrected chi connectivity index (χ3v) is 4.31. The molecular weight excluding hydrogens is 248 g/mol. The van der Waals surface area contributed by atoms with Gasteiger partial charge in [0, 0.05) is 13.1 Å². The van der Waals surface area contributed by atoms with Gasteiger partial charge in [-0.2, -0.15) is 0 Å². The van der Waals surface area contributed by atoms with E-state index in [9.17, 15) is 4.79 Å². The molecular formula is C17H26N2O. The van der Waals surface area contributed by atoms with Crippen molar-refractivity contribution < 1.29 is 4.79 Å². The molecule has 1 aromatic carbocycles. The summed E-state index contributed by atoms with van der Waals surface area (Å²) in [5, 5.41) is 0. The maximum atomic E-state index is 12.8. The van der Waals surface area contributed by atoms with E-state index in [0.717, 1.165) is 44.5 Å². The second-order valence-electron chi connectivity index (χ2n) is 5.74. The molecule has 2 atom stereocenters. The van der Waals surface area contributed by atoms with Crippen LogP contribution in [0.2, 0.25) is 0 Å². The van der Waals surface area contributed by atoms with Crippen LogP contribution in [0.1, 0.15) is 44.1 Å². The fourth-order valence-corrected chi connectivity index (χ4v) is 3.20. The van der Waals surface area contributed by atoms with Gasteiger partial charge in [-0.15, -0.1) is 0 Å². The summed E-state index contributed by atoms with van der Waals surface area (Å²) >= 11 is 0. The first-order valence-electron chi connectivity index (χ1n) is 7.80. The highest BCUT2D eigenvalue weighted by Crippen LogP contribution is 2.26. The van der Waals surface area contributed by atoms with Crippen molar-refractivity contribution in [2.45, 2.75) is 38.5 Å². The summed E-state index contributed by atoms with van der Waals surface area (Å²) in [6.07, 6.45) is 4.22. The predicted molar refractivity (Wildman–Crippen MR) is 82.4 cm³/mol. The van der Waals surface area contributed by atoms with Gasteiger partial charge < -0.3 is 10.6 Å². The van der Waals surface area contributed by atoms with Crippen LogP contribution < -0.4 is 5.73 Å². The van der Waals surface area contributed by atoms with Gasteiger partial charge in [-0.25, -0.2) is 0 Å². The molecule has 110 valence electrons. The Balaban J connectivity index is 2.05. The van der Waals surface area contributed by atoms with Crippen molar-refractivity contribution in [3.63, 3.8) is 0 Å². The summed E-state index contributed by atoms with van der Waals surface area (Å²) < 4.78 is 0. The zero-order chi connectivity index (χ0) is 14.4. The van der Waals surface area contributed by atoms with E-state index in [1.807, 2.05) is 18.2 Å². The first kappa shape index (κ1) is 15.0. The molecule has 0 saturated carbocycles. The molecule has 2 N–H and O–H groups in total. The van der Waals surface area contributed by atoms with Crippen molar-refractivity contribution in [1.82, 2.24) is 4.90 Å². The Kier molecular flexibility index (Phi) is 5.60. The van der Waals surface area contributed by atoms with Crippen molar-refractivity contribution in [3.05, 3.63) is 35.9 Å². The second kappa shape index (κ2) is 7.44. The third kappa shape index (κ3) is 3.60. The Hall–Kier alpha value is -1.35. The van der Waals surface area contributed by atoms with Crippen molar-refractivity contribution in [1.29, 1.82) is 0 Å². The van der Waals surface area contributed by atoms with Gasteiger partial charge in [-0.05, 0) is 43.7 Å². The third-order valence-electron chi connectivity index (χ3n) is 4.31. The van der Waals surface area contributed by atoms with Crippen LogP contribution in [0, 0.1) is 5.92 Å². The summed E-state index contributed by atoms with van der Waals surface area (Å²) in [6.45, 7) is 4.61. The van der Waals surface area contributed by atoms with Gasteiger partial charge in [0.1, 0.15) is 0 Å². The molecule has 1 saturated heterocycles. The number of benzene rings is 1. The highest BCUT2D eigenvalue weighted by atomic mass is 16.2. The van der Waals surface area contributed by atoms with Crippen molar-refractivity contribution in [2.75, 3.05) is 19.6 Å². The van der Waals surface area contributed by atoms with Gasteiger partial charge in [0.2, 0.25) is 5.91 Å². The monoisotopic (exact) mass is 274 g/mol. The maximum absolute atomic E-state index is 12.8. The van der Waals surface area contributed by atoms with Crippen LogP contribution in [0.15, 0.2) is 30.3 Å². The van der Waals surface area contributed by atoms with E-state index in [0.29, 0.717) is 11.8 Å². The number of nitrogens with two attached hydrogens (primary N) is 1. The lowest BCUT2D eigenvalue weighted by Crippen LogP contribution is -2.42. The SMILES string of the molecule is CCC(C(=O)N1CCCC(CCN)C1)c1ccccc1. The molecule has 2 rings (SSSR count). The van der Waals surface area contributed by atoms with Gasteiger partial charge in [0.15, 0.2) is 0 Å². The van der Waals surface area contributed by atoms with Crippen molar-refractivity contribution in [2.24, 2.45) is 11.7 Å². The molecule has 1 heterocycles. The van der Waals surface area contributed by atoms with E-state index in [1.54, 1.807) is 0 Å². The smallest absolute Gasteiger partial charge is 0.230 e. The molecule has 0 spiro atoms. The molecule has 1 fully saturated rings. The fourth-order valence-electron chi connectivity index (χ4n) is 3.20. The first-order chi connectivity index (χ1) is 9.76. The molecule has 0 bridgehead atoms. The molecule has 0 aliphatic carbocycles. The Bertz CT molecular complexity index is 416. The van der Waals surface area contributed by atoms with Crippen LogP contribution >= 0.6 is 0 Å². The summed E-state index contributed by atoms with van der Waals surface area (Å²) in [5.74, 6) is 0.888. The number of rotatable bonds is 5. The normalized spacial score (nSPS) is 20.7. The zero-order valence-electron chi connectivity index (χ0n) is 12.4. The lowest BCUT2D eigenvalue weighted by atomic mass is 9.91. The second-order valence-corrected chi connectivity index (χ2v) is 5.74. The number of likely N-dealkylation sites (tertiary alicyclic amines) is 1. The first-order valence-corrected chi connectivity index (χ1v) is 7.80. The Morgan fingerprint density at radius 1 is 1.40 bits per heavy atom. The number of amides is 1. The standard InChI is InChI=1S/C17H26N2O/c1-2-16(15-8-4-3-5-9-15)17(20)19-12-6-7-14(13-19)10-11-18/h3-5,8-9,14,16H,2,6-7,10-13,18H2,1H3. The van der Waals surface area contributed by atoms with Crippen LogP contribution in [-0.4, -0.2) is 30.4 Å². The predicted octanol–water partition coefficient (Wildman–Crippen LogP) is 2.77. The maximum Gasteiger partial charge on any atom is 0.230 e. The number of carbonyl (C=O) groups is 1. The fraction of sp³-hybridized carbons (Fsp3) is 0.588. The van der Waals surface area contributed by atoms with Gasteiger partial charge in [-0.1, -0.05) is 37.3 Å². The molecule has 2 unspecified atom stereocenters. The number of hydrogen-bond acceptors (Lipinski definition) is 2. The minimum Gasteiger partial charge on any atom is -0.342 e. The van der Waals surface area contributed by atoms with Crippen LogP contribution in [-0.2, 0) is 4.79 Å². The minimum atomic E-state index is 0.00725. The summed E-state index contributed by atoms with van der Waals surface area (Å²) in [6, 6.07) is 10.1. The van der Waals surface area contributed by atoms with Gasteiger partial charge in [0.05, 0.1) is 5.92 Å². The van der Waals surface area contributed by atoms with E-state index in [4.69, 9.17) is 5.73 Å². The van der Waals surface area contributed by atoms with Gasteiger partial charge >= 0.3 is 0 Å². The molecule has 0 radical (unpaired) electrons. The van der Waals surface area contributed by atoms with Gasteiger partial charge in [0.25, 0.3) is 0 Å². The largest absolute Gasteiger partial charge is 0.342 e. The molecule has 1 aromatic rings. The number of hydrogen-bond donors (Lipinski definition) is 1. The summed E-state index contributed by atoms with van der Waals surface area (Å²) in [4.78, 5) is 14.8. The lowest BCUT2D eigenvalue weighted by molar-refractivity contribution is -0.134.